The number of aromatic nitrogens is 1. The van der Waals surface area contributed by atoms with Crippen molar-refractivity contribution in [1.29, 1.82) is 0 Å². The molecule has 1 heterocycles. The van der Waals surface area contributed by atoms with Crippen molar-refractivity contribution in [2.75, 3.05) is 6.54 Å². The molecule has 1 aliphatic carbocycles. The Hall–Kier alpha value is -2.36. The molecule has 1 aliphatic rings. The molecule has 144 valence electrons. The van der Waals surface area contributed by atoms with Crippen LogP contribution in [0.1, 0.15) is 62.3 Å². The number of hydrogen-bond acceptors (Lipinski definition) is 3. The van der Waals surface area contributed by atoms with Gasteiger partial charge in [-0.3, -0.25) is 9.79 Å². The first-order valence-electron chi connectivity index (χ1n) is 10.1. The van der Waals surface area contributed by atoms with E-state index in [1.54, 1.807) is 0 Å². The second kappa shape index (κ2) is 8.55. The van der Waals surface area contributed by atoms with Crippen LogP contribution in [0.15, 0.2) is 34.5 Å². The maximum atomic E-state index is 12.4. The lowest BCUT2D eigenvalue weighted by atomic mass is 9.89. The van der Waals surface area contributed by atoms with Gasteiger partial charge in [-0.15, -0.1) is 0 Å². The molecule has 4 nitrogen and oxygen atoms in total. The lowest BCUT2D eigenvalue weighted by Gasteiger charge is -2.18. The summed E-state index contributed by atoms with van der Waals surface area (Å²) in [7, 11) is 0. The molecule has 3 rings (SSSR count). The summed E-state index contributed by atoms with van der Waals surface area (Å²) in [6.07, 6.45) is 5.41. The van der Waals surface area contributed by atoms with Gasteiger partial charge in [-0.2, -0.15) is 0 Å². The van der Waals surface area contributed by atoms with E-state index < -0.39 is 0 Å². The van der Waals surface area contributed by atoms with Gasteiger partial charge in [-0.25, -0.2) is 0 Å². The number of aliphatic hydroxyl groups excluding tert-OH is 1. The summed E-state index contributed by atoms with van der Waals surface area (Å²) in [5.41, 5.74) is 6.18. The summed E-state index contributed by atoms with van der Waals surface area (Å²) in [6.45, 7) is 6.93. The molecule has 4 heteroatoms. The molecule has 0 unspecified atom stereocenters. The first kappa shape index (κ1) is 19.4. The normalized spacial score (nSPS) is 18.5. The SMILES string of the molecule is CCCCC(O)=C1C(=O)CCCC1=NCCc1c(C)[nH]c2ccc(C)cc12. The quantitative estimate of drug-likeness (QED) is 0.522. The number of aliphatic imine (C=N–C) groups is 1. The largest absolute Gasteiger partial charge is 0.511 e. The van der Waals surface area contributed by atoms with Crippen LogP contribution in [0, 0.1) is 13.8 Å². The monoisotopic (exact) mass is 366 g/mol. The second-order valence-corrected chi connectivity index (χ2v) is 7.56. The van der Waals surface area contributed by atoms with Gasteiger partial charge < -0.3 is 10.1 Å². The van der Waals surface area contributed by atoms with E-state index in [1.807, 2.05) is 0 Å². The van der Waals surface area contributed by atoms with Crippen LogP contribution in [0.5, 0.6) is 0 Å². The fourth-order valence-corrected chi connectivity index (χ4v) is 3.90. The van der Waals surface area contributed by atoms with Crippen LogP contribution in [0.25, 0.3) is 10.9 Å². The summed E-state index contributed by atoms with van der Waals surface area (Å²) in [5, 5.41) is 11.7. The van der Waals surface area contributed by atoms with E-state index in [0.717, 1.165) is 43.3 Å². The van der Waals surface area contributed by atoms with E-state index in [2.05, 4.69) is 44.0 Å². The lowest BCUT2D eigenvalue weighted by Crippen LogP contribution is -2.22. The predicted octanol–water partition coefficient (Wildman–Crippen LogP) is 5.52. The highest BCUT2D eigenvalue weighted by atomic mass is 16.3. The molecule has 1 saturated carbocycles. The number of benzene rings is 1. The van der Waals surface area contributed by atoms with Crippen molar-refractivity contribution in [3.63, 3.8) is 0 Å². The van der Waals surface area contributed by atoms with E-state index >= 15 is 0 Å². The van der Waals surface area contributed by atoms with Gasteiger partial charge >= 0.3 is 0 Å². The third-order valence-electron chi connectivity index (χ3n) is 5.38. The number of aliphatic hydroxyl groups is 1. The number of unbranched alkanes of at least 4 members (excludes halogenated alkanes) is 1. The molecule has 27 heavy (non-hydrogen) atoms. The molecule has 0 bridgehead atoms. The van der Waals surface area contributed by atoms with E-state index in [9.17, 15) is 9.90 Å². The highest BCUT2D eigenvalue weighted by Gasteiger charge is 2.25. The first-order valence-corrected chi connectivity index (χ1v) is 10.1. The van der Waals surface area contributed by atoms with Gasteiger partial charge in [0.05, 0.1) is 5.57 Å². The Labute approximate surface area is 161 Å². The summed E-state index contributed by atoms with van der Waals surface area (Å²) in [6, 6.07) is 6.46. The number of hydrogen-bond donors (Lipinski definition) is 2. The van der Waals surface area contributed by atoms with E-state index in [4.69, 9.17) is 4.99 Å². The number of ketones is 1. The van der Waals surface area contributed by atoms with Crippen molar-refractivity contribution in [2.24, 2.45) is 4.99 Å². The predicted molar refractivity (Wildman–Crippen MR) is 112 cm³/mol. The number of nitrogens with zero attached hydrogens (tertiary/aromatic N) is 1. The highest BCUT2D eigenvalue weighted by molar-refractivity contribution is 6.24. The van der Waals surface area contributed by atoms with Gasteiger partial charge in [-0.1, -0.05) is 25.0 Å². The summed E-state index contributed by atoms with van der Waals surface area (Å²) >= 11 is 0. The Balaban J connectivity index is 1.81. The Morgan fingerprint density at radius 3 is 2.85 bits per heavy atom. The van der Waals surface area contributed by atoms with Crippen molar-refractivity contribution in [3.05, 3.63) is 46.4 Å². The smallest absolute Gasteiger partial charge is 0.168 e. The average molecular weight is 367 g/mol. The van der Waals surface area contributed by atoms with Gasteiger partial charge in [0, 0.05) is 41.7 Å². The zero-order valence-corrected chi connectivity index (χ0v) is 16.7. The molecule has 0 atom stereocenters. The van der Waals surface area contributed by atoms with Gasteiger partial charge in [-0.05, 0) is 57.2 Å². The molecule has 0 saturated heterocycles. The minimum absolute atomic E-state index is 0.0486. The number of carbonyl (C=O) groups excluding carboxylic acids is 1. The van der Waals surface area contributed by atoms with E-state index in [1.165, 1.54) is 22.2 Å². The third kappa shape index (κ3) is 4.32. The fourth-order valence-electron chi connectivity index (χ4n) is 3.90. The standard InChI is InChI=1S/C23H30N2O2/c1-4-5-8-21(26)23-20(7-6-9-22(23)27)24-13-12-17-16(3)25-19-11-10-15(2)14-18(17)19/h10-11,14,25-26H,4-9,12-13H2,1-3H3. The van der Waals surface area contributed by atoms with Gasteiger partial charge in [0.1, 0.15) is 5.76 Å². The molecule has 2 N–H and O–H groups in total. The molecular formula is C23H30N2O2. The number of aryl methyl sites for hydroxylation is 2. The van der Waals surface area contributed by atoms with Crippen LogP contribution >= 0.6 is 0 Å². The minimum Gasteiger partial charge on any atom is -0.511 e. The Morgan fingerprint density at radius 1 is 1.26 bits per heavy atom. The van der Waals surface area contributed by atoms with Crippen LogP contribution in [0.4, 0.5) is 0 Å². The Morgan fingerprint density at radius 2 is 2.07 bits per heavy atom. The van der Waals surface area contributed by atoms with Crippen molar-refractivity contribution in [1.82, 2.24) is 4.98 Å². The number of allylic oxidation sites excluding steroid dienone is 2. The average Bonchev–Trinajstić information content (AvgIpc) is 2.95. The number of rotatable bonds is 6. The number of aromatic amines is 1. The molecule has 1 aromatic heterocycles. The van der Waals surface area contributed by atoms with E-state index in [-0.39, 0.29) is 11.5 Å². The molecule has 0 aliphatic heterocycles. The molecule has 0 amide bonds. The van der Waals surface area contributed by atoms with Crippen molar-refractivity contribution < 1.29 is 9.90 Å². The van der Waals surface area contributed by atoms with Crippen molar-refractivity contribution in [2.45, 2.75) is 65.7 Å². The first-order chi connectivity index (χ1) is 13.0. The van der Waals surface area contributed by atoms with Crippen LogP contribution < -0.4 is 0 Å². The third-order valence-corrected chi connectivity index (χ3v) is 5.38. The minimum atomic E-state index is 0.0486. The number of H-pyrrole nitrogens is 1. The number of Topliss-reactive ketones (excluding diaryl/α,β-unsaturated/α-hetero) is 1. The van der Waals surface area contributed by atoms with Crippen LogP contribution in [0.2, 0.25) is 0 Å². The topological polar surface area (TPSA) is 65.4 Å². The zero-order chi connectivity index (χ0) is 19.4. The Bertz CT molecular complexity index is 902. The molecule has 0 spiro atoms. The maximum absolute atomic E-state index is 12.4. The van der Waals surface area contributed by atoms with Crippen LogP contribution in [-0.2, 0) is 11.2 Å². The van der Waals surface area contributed by atoms with Crippen molar-refractivity contribution >= 4 is 22.4 Å². The summed E-state index contributed by atoms with van der Waals surface area (Å²) < 4.78 is 0. The van der Waals surface area contributed by atoms with Crippen LogP contribution in [-0.4, -0.2) is 28.1 Å². The van der Waals surface area contributed by atoms with Gasteiger partial charge in [0.15, 0.2) is 5.78 Å². The van der Waals surface area contributed by atoms with Crippen molar-refractivity contribution in [3.8, 4) is 0 Å². The highest BCUT2D eigenvalue weighted by Crippen LogP contribution is 2.25. The second-order valence-electron chi connectivity index (χ2n) is 7.56. The van der Waals surface area contributed by atoms with Crippen LogP contribution in [0.3, 0.4) is 0 Å². The lowest BCUT2D eigenvalue weighted by molar-refractivity contribution is -0.115. The maximum Gasteiger partial charge on any atom is 0.168 e. The zero-order valence-electron chi connectivity index (χ0n) is 16.7. The fraction of sp³-hybridized carbons (Fsp3) is 0.478. The number of nitrogens with one attached hydrogen (secondary N) is 1. The summed E-state index contributed by atoms with van der Waals surface area (Å²) in [4.78, 5) is 20.6. The van der Waals surface area contributed by atoms with E-state index in [0.29, 0.717) is 25.0 Å². The molecular weight excluding hydrogens is 336 g/mol. The molecule has 0 radical (unpaired) electrons. The molecule has 1 aromatic carbocycles. The van der Waals surface area contributed by atoms with Gasteiger partial charge in [0.2, 0.25) is 0 Å². The number of fused-ring (bicyclic) bond motifs is 1. The summed E-state index contributed by atoms with van der Waals surface area (Å²) in [5.74, 6) is 0.284. The molecule has 2 aromatic rings. The Kier molecular flexibility index (Phi) is 6.15. The number of carbonyl (C=O) groups is 1. The van der Waals surface area contributed by atoms with Gasteiger partial charge in [0.25, 0.3) is 0 Å². The molecule has 1 fully saturated rings.